The third-order valence-electron chi connectivity index (χ3n) is 2.88. The van der Waals surface area contributed by atoms with Crippen LogP contribution in [0.3, 0.4) is 0 Å². The number of nitrogens with one attached hydrogen (secondary N) is 1. The van der Waals surface area contributed by atoms with Crippen molar-refractivity contribution >= 4 is 23.1 Å². The second-order valence-corrected chi connectivity index (χ2v) is 6.39. The van der Waals surface area contributed by atoms with Crippen molar-refractivity contribution in [3.63, 3.8) is 0 Å². The van der Waals surface area contributed by atoms with Crippen molar-refractivity contribution in [3.8, 4) is 0 Å². The van der Waals surface area contributed by atoms with Crippen molar-refractivity contribution < 1.29 is 0 Å². The van der Waals surface area contributed by atoms with E-state index in [0.29, 0.717) is 6.04 Å². The number of thiazole rings is 1. The fourth-order valence-corrected chi connectivity index (χ4v) is 3.87. The lowest BCUT2D eigenvalue weighted by Gasteiger charge is -2.17. The SMILES string of the molecule is CNC(CSc1nc(C)cs1)c1ccccc1C. The Kier molecular flexibility index (Phi) is 4.80. The molecule has 96 valence electrons. The smallest absolute Gasteiger partial charge is 0.150 e. The zero-order chi connectivity index (χ0) is 13.0. The van der Waals surface area contributed by atoms with Gasteiger partial charge in [-0.15, -0.1) is 11.3 Å². The topological polar surface area (TPSA) is 24.9 Å². The summed E-state index contributed by atoms with van der Waals surface area (Å²) in [5.74, 6) is 1.01. The molecule has 0 aliphatic carbocycles. The maximum absolute atomic E-state index is 4.49. The van der Waals surface area contributed by atoms with E-state index >= 15 is 0 Å². The molecule has 0 fully saturated rings. The van der Waals surface area contributed by atoms with E-state index in [1.54, 1.807) is 11.3 Å². The summed E-state index contributed by atoms with van der Waals surface area (Å²) < 4.78 is 1.15. The van der Waals surface area contributed by atoms with Gasteiger partial charge in [0.2, 0.25) is 0 Å². The number of aryl methyl sites for hydroxylation is 2. The van der Waals surface area contributed by atoms with Crippen molar-refractivity contribution in [2.75, 3.05) is 12.8 Å². The van der Waals surface area contributed by atoms with Crippen LogP contribution in [0.4, 0.5) is 0 Å². The van der Waals surface area contributed by atoms with Gasteiger partial charge in [-0.25, -0.2) is 4.98 Å². The Bertz CT molecular complexity index is 508. The average molecular weight is 278 g/mol. The van der Waals surface area contributed by atoms with Gasteiger partial charge in [-0.1, -0.05) is 36.0 Å². The molecule has 0 bridgehead atoms. The molecule has 0 radical (unpaired) electrons. The van der Waals surface area contributed by atoms with Crippen molar-refractivity contribution in [1.82, 2.24) is 10.3 Å². The first-order chi connectivity index (χ1) is 8.70. The first-order valence-corrected chi connectivity index (χ1v) is 7.85. The first kappa shape index (κ1) is 13.6. The monoisotopic (exact) mass is 278 g/mol. The first-order valence-electron chi connectivity index (χ1n) is 5.98. The lowest BCUT2D eigenvalue weighted by molar-refractivity contribution is 0.658. The van der Waals surface area contributed by atoms with E-state index in [2.05, 4.69) is 46.9 Å². The molecule has 1 aromatic heterocycles. The molecule has 0 saturated carbocycles. The number of hydrogen-bond donors (Lipinski definition) is 1. The van der Waals surface area contributed by atoms with Gasteiger partial charge in [0.05, 0.1) is 0 Å². The van der Waals surface area contributed by atoms with Gasteiger partial charge in [-0.05, 0) is 32.0 Å². The van der Waals surface area contributed by atoms with E-state index in [1.165, 1.54) is 11.1 Å². The Hall–Kier alpha value is -0.840. The summed E-state index contributed by atoms with van der Waals surface area (Å²) in [6.45, 7) is 4.20. The van der Waals surface area contributed by atoms with E-state index in [4.69, 9.17) is 0 Å². The Labute approximate surface area is 117 Å². The van der Waals surface area contributed by atoms with Crippen LogP contribution in [-0.2, 0) is 0 Å². The minimum absolute atomic E-state index is 0.375. The molecular formula is C14H18N2S2. The van der Waals surface area contributed by atoms with E-state index in [0.717, 1.165) is 15.8 Å². The summed E-state index contributed by atoms with van der Waals surface area (Å²) in [7, 11) is 2.02. The van der Waals surface area contributed by atoms with E-state index < -0.39 is 0 Å². The van der Waals surface area contributed by atoms with Gasteiger partial charge in [0.15, 0.2) is 0 Å². The van der Waals surface area contributed by atoms with Crippen LogP contribution in [0, 0.1) is 13.8 Å². The maximum atomic E-state index is 4.49. The Morgan fingerprint density at radius 1 is 1.33 bits per heavy atom. The normalized spacial score (nSPS) is 12.6. The van der Waals surface area contributed by atoms with E-state index in [9.17, 15) is 0 Å². The summed E-state index contributed by atoms with van der Waals surface area (Å²) in [4.78, 5) is 4.49. The number of benzene rings is 1. The van der Waals surface area contributed by atoms with Crippen LogP contribution in [0.5, 0.6) is 0 Å². The molecular weight excluding hydrogens is 260 g/mol. The van der Waals surface area contributed by atoms with Crippen LogP contribution in [0.1, 0.15) is 22.9 Å². The Morgan fingerprint density at radius 2 is 2.11 bits per heavy atom. The van der Waals surface area contributed by atoms with Gasteiger partial charge in [-0.2, -0.15) is 0 Å². The van der Waals surface area contributed by atoms with Crippen molar-refractivity contribution in [2.45, 2.75) is 24.2 Å². The largest absolute Gasteiger partial charge is 0.312 e. The summed E-state index contributed by atoms with van der Waals surface area (Å²) in [5, 5.41) is 5.49. The van der Waals surface area contributed by atoms with Crippen LogP contribution < -0.4 is 5.32 Å². The summed E-state index contributed by atoms with van der Waals surface area (Å²) in [6, 6.07) is 8.93. The molecule has 18 heavy (non-hydrogen) atoms. The molecule has 2 rings (SSSR count). The highest BCUT2D eigenvalue weighted by Gasteiger charge is 2.12. The van der Waals surface area contributed by atoms with Gasteiger partial charge >= 0.3 is 0 Å². The van der Waals surface area contributed by atoms with Crippen LogP contribution in [0.15, 0.2) is 34.0 Å². The average Bonchev–Trinajstić information content (AvgIpc) is 2.78. The van der Waals surface area contributed by atoms with Crippen LogP contribution >= 0.6 is 23.1 Å². The predicted octanol–water partition coefficient (Wildman–Crippen LogP) is 3.81. The minimum Gasteiger partial charge on any atom is -0.312 e. The van der Waals surface area contributed by atoms with Gasteiger partial charge in [0, 0.05) is 22.9 Å². The fourth-order valence-electron chi connectivity index (χ4n) is 1.86. The quantitative estimate of drug-likeness (QED) is 0.842. The molecule has 0 spiro atoms. The van der Waals surface area contributed by atoms with Crippen LogP contribution in [-0.4, -0.2) is 17.8 Å². The second-order valence-electron chi connectivity index (χ2n) is 4.26. The summed E-state index contributed by atoms with van der Waals surface area (Å²) in [6.07, 6.45) is 0. The highest BCUT2D eigenvalue weighted by molar-refractivity contribution is 8.01. The maximum Gasteiger partial charge on any atom is 0.150 e. The minimum atomic E-state index is 0.375. The van der Waals surface area contributed by atoms with Crippen molar-refractivity contribution in [3.05, 3.63) is 46.5 Å². The zero-order valence-electron chi connectivity index (χ0n) is 10.9. The number of rotatable bonds is 5. The lowest BCUT2D eigenvalue weighted by atomic mass is 10.0. The highest BCUT2D eigenvalue weighted by atomic mass is 32.2. The van der Waals surface area contributed by atoms with E-state index in [1.807, 2.05) is 25.7 Å². The van der Waals surface area contributed by atoms with Gasteiger partial charge in [-0.3, -0.25) is 0 Å². The van der Waals surface area contributed by atoms with Gasteiger partial charge in [0.1, 0.15) is 4.34 Å². The van der Waals surface area contributed by atoms with Gasteiger partial charge in [0.25, 0.3) is 0 Å². The molecule has 0 aliphatic rings. The molecule has 1 heterocycles. The third kappa shape index (κ3) is 3.34. The summed E-state index contributed by atoms with van der Waals surface area (Å²) >= 11 is 3.55. The molecule has 0 amide bonds. The molecule has 1 N–H and O–H groups in total. The molecule has 1 aromatic carbocycles. The van der Waals surface area contributed by atoms with Crippen LogP contribution in [0.25, 0.3) is 0 Å². The molecule has 1 unspecified atom stereocenters. The number of thioether (sulfide) groups is 1. The highest BCUT2D eigenvalue weighted by Crippen LogP contribution is 2.28. The molecule has 1 atom stereocenters. The molecule has 4 heteroatoms. The van der Waals surface area contributed by atoms with Crippen molar-refractivity contribution in [1.29, 1.82) is 0 Å². The Morgan fingerprint density at radius 3 is 2.72 bits per heavy atom. The lowest BCUT2D eigenvalue weighted by Crippen LogP contribution is -2.19. The number of hydrogen-bond acceptors (Lipinski definition) is 4. The standard InChI is InChI=1S/C14H18N2S2/c1-10-6-4-5-7-12(10)13(15-3)9-18-14-16-11(2)8-17-14/h4-8,13,15H,9H2,1-3H3. The molecule has 2 nitrogen and oxygen atoms in total. The van der Waals surface area contributed by atoms with E-state index in [-0.39, 0.29) is 0 Å². The van der Waals surface area contributed by atoms with Gasteiger partial charge < -0.3 is 5.32 Å². The molecule has 0 saturated heterocycles. The van der Waals surface area contributed by atoms with Crippen molar-refractivity contribution in [2.24, 2.45) is 0 Å². The zero-order valence-corrected chi connectivity index (χ0v) is 12.6. The van der Waals surface area contributed by atoms with Crippen LogP contribution in [0.2, 0.25) is 0 Å². The Balaban J connectivity index is 2.04. The third-order valence-corrected chi connectivity index (χ3v) is 5.12. The summed E-state index contributed by atoms with van der Waals surface area (Å²) in [5.41, 5.74) is 3.83. The fraction of sp³-hybridized carbons (Fsp3) is 0.357. The second kappa shape index (κ2) is 6.36. The number of nitrogens with zero attached hydrogens (tertiary/aromatic N) is 1. The molecule has 0 aliphatic heterocycles. The molecule has 2 aromatic rings. The predicted molar refractivity (Wildman–Crippen MR) is 80.6 cm³/mol. The number of aromatic nitrogens is 1.